The van der Waals surface area contributed by atoms with Crippen molar-refractivity contribution in [2.24, 2.45) is 5.92 Å². The molecule has 0 atom stereocenters. The quantitative estimate of drug-likeness (QED) is 0.394. The fourth-order valence-corrected chi connectivity index (χ4v) is 4.93. The lowest BCUT2D eigenvalue weighted by Crippen LogP contribution is -2.48. The van der Waals surface area contributed by atoms with Gasteiger partial charge in [-0.25, -0.2) is 9.78 Å². The van der Waals surface area contributed by atoms with E-state index in [1.165, 1.54) is 11.3 Å². The molecule has 5 heterocycles. The van der Waals surface area contributed by atoms with Crippen LogP contribution in [-0.2, 0) is 4.79 Å². The van der Waals surface area contributed by atoms with Crippen LogP contribution in [0.25, 0.3) is 22.3 Å². The number of anilines is 1. The smallest absolute Gasteiger partial charge is 0.326 e. The van der Waals surface area contributed by atoms with Gasteiger partial charge < -0.3 is 15.5 Å². The number of rotatable bonds is 5. The highest BCUT2D eigenvalue weighted by Crippen LogP contribution is 2.33. The van der Waals surface area contributed by atoms with Gasteiger partial charge in [-0.1, -0.05) is 6.92 Å². The van der Waals surface area contributed by atoms with Gasteiger partial charge in [0.1, 0.15) is 11.5 Å². The average Bonchev–Trinajstić information content (AvgIpc) is 3.16. The zero-order valence-corrected chi connectivity index (χ0v) is 18.6. The summed E-state index contributed by atoms with van der Waals surface area (Å²) in [7, 11) is 0. The van der Waals surface area contributed by atoms with E-state index in [9.17, 15) is 14.4 Å². The molecule has 0 aromatic carbocycles. The molecule has 3 fully saturated rings. The normalized spacial score (nSPS) is 19.7. The van der Waals surface area contributed by atoms with E-state index in [2.05, 4.69) is 28.0 Å². The minimum Gasteiger partial charge on any atom is -0.367 e. The average molecular weight is 464 g/mol. The second kappa shape index (κ2) is 7.41. The molecule has 1 saturated carbocycles. The Morgan fingerprint density at radius 2 is 2.06 bits per heavy atom. The molecule has 0 radical (unpaired) electrons. The van der Waals surface area contributed by atoms with Gasteiger partial charge in [0, 0.05) is 30.8 Å². The van der Waals surface area contributed by atoms with Gasteiger partial charge in [0.15, 0.2) is 5.65 Å². The fourth-order valence-electron chi connectivity index (χ4n) is 4.00. The number of hydrogen-bond donors (Lipinski definition) is 3. The summed E-state index contributed by atoms with van der Waals surface area (Å²) in [5.74, 6) is 0.905. The van der Waals surface area contributed by atoms with Gasteiger partial charge in [0.2, 0.25) is 0 Å². The third-order valence-electron chi connectivity index (χ3n) is 5.87. The van der Waals surface area contributed by atoms with Crippen LogP contribution in [0.15, 0.2) is 30.1 Å². The first-order valence-electron chi connectivity index (χ1n) is 10.8. The third-order valence-corrected chi connectivity index (χ3v) is 6.96. The van der Waals surface area contributed by atoms with Crippen molar-refractivity contribution in [3.05, 3.63) is 40.5 Å². The SMILES string of the molecule is CC1CN(C(=O)c2ccc(-c3cc(NC4CC4)n4ncc(/C=C5\NC(=O)NC5=O)c4n3)s2)C1. The second-order valence-corrected chi connectivity index (χ2v) is 9.81. The molecular formula is C22H21N7O3S. The first kappa shape index (κ1) is 19.9. The summed E-state index contributed by atoms with van der Waals surface area (Å²) in [4.78, 5) is 44.4. The van der Waals surface area contributed by atoms with E-state index in [4.69, 9.17) is 4.98 Å². The molecule has 11 heteroatoms. The molecule has 3 N–H and O–H groups in total. The Bertz CT molecular complexity index is 1350. The molecule has 6 rings (SSSR count). The van der Waals surface area contributed by atoms with Gasteiger partial charge in [-0.3, -0.25) is 14.9 Å². The van der Waals surface area contributed by atoms with Crippen LogP contribution in [0, 0.1) is 5.92 Å². The Morgan fingerprint density at radius 3 is 2.76 bits per heavy atom. The topological polar surface area (TPSA) is 121 Å². The molecule has 2 saturated heterocycles. The van der Waals surface area contributed by atoms with Gasteiger partial charge in [-0.2, -0.15) is 9.61 Å². The molecule has 3 aromatic heterocycles. The van der Waals surface area contributed by atoms with Crippen molar-refractivity contribution in [3.63, 3.8) is 0 Å². The maximum atomic E-state index is 12.7. The number of hydrogen-bond acceptors (Lipinski definition) is 7. The molecule has 2 aliphatic heterocycles. The maximum absolute atomic E-state index is 12.7. The number of imide groups is 1. The number of nitrogens with one attached hydrogen (secondary N) is 3. The molecular weight excluding hydrogens is 442 g/mol. The third kappa shape index (κ3) is 3.63. The number of thiophene rings is 1. The molecule has 4 amide bonds. The van der Waals surface area contributed by atoms with Crippen molar-refractivity contribution in [3.8, 4) is 10.6 Å². The van der Waals surface area contributed by atoms with Crippen molar-refractivity contribution >= 4 is 46.7 Å². The minimum atomic E-state index is -0.556. The molecule has 3 aliphatic rings. The van der Waals surface area contributed by atoms with Crippen LogP contribution in [0.3, 0.4) is 0 Å². The Morgan fingerprint density at radius 1 is 1.24 bits per heavy atom. The van der Waals surface area contributed by atoms with Crippen LogP contribution >= 0.6 is 11.3 Å². The molecule has 10 nitrogen and oxygen atoms in total. The van der Waals surface area contributed by atoms with Crippen LogP contribution in [0.2, 0.25) is 0 Å². The number of likely N-dealkylation sites (tertiary alicyclic amines) is 1. The Kier molecular flexibility index (Phi) is 4.47. The predicted molar refractivity (Wildman–Crippen MR) is 123 cm³/mol. The monoisotopic (exact) mass is 463 g/mol. The van der Waals surface area contributed by atoms with Gasteiger partial charge in [-0.05, 0) is 37.0 Å². The molecule has 0 unspecified atom stereocenters. The van der Waals surface area contributed by atoms with Crippen LogP contribution in [-0.4, -0.2) is 56.5 Å². The molecule has 168 valence electrons. The minimum absolute atomic E-state index is 0.0551. The molecule has 33 heavy (non-hydrogen) atoms. The van der Waals surface area contributed by atoms with Crippen molar-refractivity contribution in [1.82, 2.24) is 30.1 Å². The van der Waals surface area contributed by atoms with Gasteiger partial charge >= 0.3 is 6.03 Å². The zero-order chi connectivity index (χ0) is 22.7. The van der Waals surface area contributed by atoms with Crippen molar-refractivity contribution in [1.29, 1.82) is 0 Å². The predicted octanol–water partition coefficient (Wildman–Crippen LogP) is 2.30. The van der Waals surface area contributed by atoms with Crippen molar-refractivity contribution in [2.45, 2.75) is 25.8 Å². The lowest BCUT2D eigenvalue weighted by Gasteiger charge is -2.36. The number of aromatic nitrogens is 3. The second-order valence-electron chi connectivity index (χ2n) is 8.73. The van der Waals surface area contributed by atoms with Crippen LogP contribution in [0.4, 0.5) is 10.6 Å². The Hall–Kier alpha value is -3.73. The van der Waals surface area contributed by atoms with E-state index in [1.807, 2.05) is 23.1 Å². The number of amides is 4. The summed E-state index contributed by atoms with van der Waals surface area (Å²) < 4.78 is 1.70. The zero-order valence-electron chi connectivity index (χ0n) is 17.8. The Labute approximate surface area is 192 Å². The summed E-state index contributed by atoms with van der Waals surface area (Å²) >= 11 is 1.42. The lowest BCUT2D eigenvalue weighted by molar-refractivity contribution is -0.115. The standard InChI is InChI=1S/C22H21N7O3S/c1-11-9-28(10-11)21(31)17-5-4-16(33-17)14-7-18(24-13-2-3-13)29-19(25-14)12(8-23-29)6-15-20(30)27-22(32)26-15/h4-8,11,13,24H,2-3,9-10H2,1H3,(H2,26,27,30,32)/b15-6-. The highest BCUT2D eigenvalue weighted by Gasteiger charge is 2.29. The molecule has 3 aromatic rings. The Balaban J connectivity index is 1.39. The first-order chi connectivity index (χ1) is 15.9. The summed E-state index contributed by atoms with van der Waals surface area (Å²) in [6.07, 6.45) is 5.36. The maximum Gasteiger partial charge on any atom is 0.326 e. The molecule has 0 spiro atoms. The summed E-state index contributed by atoms with van der Waals surface area (Å²) in [6.45, 7) is 3.73. The highest BCUT2D eigenvalue weighted by molar-refractivity contribution is 7.17. The molecule has 1 aliphatic carbocycles. The van der Waals surface area contributed by atoms with Crippen molar-refractivity contribution < 1.29 is 14.4 Å². The summed E-state index contributed by atoms with van der Waals surface area (Å²) in [5, 5.41) is 12.6. The fraction of sp³-hybridized carbons (Fsp3) is 0.318. The van der Waals surface area contributed by atoms with Crippen LogP contribution < -0.4 is 16.0 Å². The van der Waals surface area contributed by atoms with Gasteiger partial charge in [-0.15, -0.1) is 11.3 Å². The lowest BCUT2D eigenvalue weighted by atomic mass is 10.0. The van der Waals surface area contributed by atoms with E-state index in [-0.39, 0.29) is 11.6 Å². The van der Waals surface area contributed by atoms with Gasteiger partial charge in [0.05, 0.1) is 21.6 Å². The van der Waals surface area contributed by atoms with E-state index in [0.717, 1.165) is 36.6 Å². The van der Waals surface area contributed by atoms with Crippen LogP contribution in [0.1, 0.15) is 35.0 Å². The van der Waals surface area contributed by atoms with Crippen molar-refractivity contribution in [2.75, 3.05) is 18.4 Å². The summed E-state index contributed by atoms with van der Waals surface area (Å²) in [6, 6.07) is 5.54. The highest BCUT2D eigenvalue weighted by atomic mass is 32.1. The van der Waals surface area contributed by atoms with E-state index >= 15 is 0 Å². The van der Waals surface area contributed by atoms with E-state index < -0.39 is 11.9 Å². The number of urea groups is 1. The van der Waals surface area contributed by atoms with Gasteiger partial charge in [0.25, 0.3) is 11.8 Å². The molecule has 0 bridgehead atoms. The number of nitrogens with zero attached hydrogens (tertiary/aromatic N) is 4. The number of carbonyl (C=O) groups excluding carboxylic acids is 3. The van der Waals surface area contributed by atoms with Crippen LogP contribution in [0.5, 0.6) is 0 Å². The summed E-state index contributed by atoms with van der Waals surface area (Å²) in [5.41, 5.74) is 2.01. The number of fused-ring (bicyclic) bond motifs is 1. The van der Waals surface area contributed by atoms with E-state index in [1.54, 1.807) is 16.8 Å². The van der Waals surface area contributed by atoms with E-state index in [0.29, 0.717) is 33.7 Å². The first-order valence-corrected chi connectivity index (χ1v) is 11.6. The largest absolute Gasteiger partial charge is 0.367 e. The number of carbonyl (C=O) groups is 3.